The average molecular weight is 159 g/mol. The highest BCUT2D eigenvalue weighted by Crippen LogP contribution is 2.23. The fraction of sp³-hybridized carbons (Fsp3) is 0.100. The third kappa shape index (κ3) is 0.848. The van der Waals surface area contributed by atoms with Crippen LogP contribution in [0.25, 0.3) is 5.70 Å². The molecule has 2 nitrogen and oxygen atoms in total. The second-order valence-electron chi connectivity index (χ2n) is 2.98. The Hall–Kier alpha value is -1.57. The van der Waals surface area contributed by atoms with Crippen molar-refractivity contribution in [3.05, 3.63) is 41.5 Å². The van der Waals surface area contributed by atoms with Crippen LogP contribution in [0.3, 0.4) is 0 Å². The van der Waals surface area contributed by atoms with Gasteiger partial charge in [0.05, 0.1) is 0 Å². The minimum Gasteiger partial charge on any atom is -0.322 e. The largest absolute Gasteiger partial charge is 0.322 e. The topological polar surface area (TPSA) is 29.1 Å². The number of benzene rings is 1. The Labute approximate surface area is 70.9 Å². The van der Waals surface area contributed by atoms with Gasteiger partial charge in [-0.05, 0) is 13.0 Å². The van der Waals surface area contributed by atoms with Crippen molar-refractivity contribution in [1.82, 2.24) is 5.32 Å². The van der Waals surface area contributed by atoms with Crippen LogP contribution in [0.5, 0.6) is 0 Å². The van der Waals surface area contributed by atoms with Crippen molar-refractivity contribution in [3.8, 4) is 0 Å². The standard InChI is InChI=1S/C10H9NO/c1-6-3-4-8-7(2)11-10(12)9(8)5-6/h3-5H,2H2,1H3,(H,11,12). The second kappa shape index (κ2) is 2.21. The minimum atomic E-state index is -0.0429. The molecule has 0 saturated carbocycles. The van der Waals surface area contributed by atoms with Gasteiger partial charge in [0.15, 0.2) is 0 Å². The van der Waals surface area contributed by atoms with Crippen molar-refractivity contribution in [2.45, 2.75) is 6.92 Å². The van der Waals surface area contributed by atoms with Crippen molar-refractivity contribution in [1.29, 1.82) is 0 Å². The van der Waals surface area contributed by atoms with Gasteiger partial charge in [-0.1, -0.05) is 24.3 Å². The van der Waals surface area contributed by atoms with Crippen molar-refractivity contribution in [2.75, 3.05) is 0 Å². The Kier molecular flexibility index (Phi) is 1.30. The first-order valence-corrected chi connectivity index (χ1v) is 3.80. The van der Waals surface area contributed by atoms with Crippen LogP contribution in [-0.2, 0) is 0 Å². The molecule has 2 heteroatoms. The molecule has 1 amide bonds. The molecule has 2 rings (SSSR count). The SMILES string of the molecule is C=C1NC(=O)c2cc(C)ccc21. The first kappa shape index (κ1) is 7.10. The molecule has 0 radical (unpaired) electrons. The lowest BCUT2D eigenvalue weighted by molar-refractivity contribution is 0.0981. The highest BCUT2D eigenvalue weighted by Gasteiger charge is 2.21. The predicted octanol–water partition coefficient (Wildman–Crippen LogP) is 1.71. The molecule has 0 saturated heterocycles. The summed E-state index contributed by atoms with van der Waals surface area (Å²) in [6, 6.07) is 5.78. The van der Waals surface area contributed by atoms with Gasteiger partial charge in [0, 0.05) is 16.8 Å². The number of amides is 1. The van der Waals surface area contributed by atoms with E-state index in [-0.39, 0.29) is 5.91 Å². The van der Waals surface area contributed by atoms with Crippen LogP contribution in [0, 0.1) is 6.92 Å². The maximum Gasteiger partial charge on any atom is 0.256 e. The number of hydrogen-bond acceptors (Lipinski definition) is 1. The summed E-state index contributed by atoms with van der Waals surface area (Å²) in [6.07, 6.45) is 0. The van der Waals surface area contributed by atoms with Gasteiger partial charge in [-0.3, -0.25) is 4.79 Å². The molecule has 0 aromatic heterocycles. The van der Waals surface area contributed by atoms with Gasteiger partial charge < -0.3 is 5.32 Å². The average Bonchev–Trinajstić information content (AvgIpc) is 2.28. The van der Waals surface area contributed by atoms with Crippen molar-refractivity contribution in [2.24, 2.45) is 0 Å². The van der Waals surface area contributed by atoms with E-state index in [0.717, 1.165) is 16.7 Å². The molecule has 60 valence electrons. The molecule has 0 bridgehead atoms. The third-order valence-corrected chi connectivity index (χ3v) is 2.01. The van der Waals surface area contributed by atoms with Gasteiger partial charge in [0.1, 0.15) is 0 Å². The molecular weight excluding hydrogens is 150 g/mol. The van der Waals surface area contributed by atoms with Crippen molar-refractivity contribution < 1.29 is 4.79 Å². The molecule has 12 heavy (non-hydrogen) atoms. The van der Waals surface area contributed by atoms with E-state index in [9.17, 15) is 4.79 Å². The summed E-state index contributed by atoms with van der Waals surface area (Å²) in [5.74, 6) is -0.0429. The molecule has 0 unspecified atom stereocenters. The Morgan fingerprint density at radius 1 is 1.33 bits per heavy atom. The highest BCUT2D eigenvalue weighted by atomic mass is 16.1. The van der Waals surface area contributed by atoms with Crippen molar-refractivity contribution >= 4 is 11.6 Å². The zero-order valence-corrected chi connectivity index (χ0v) is 6.85. The number of carbonyl (C=O) groups excluding carboxylic acids is 1. The molecule has 1 aromatic carbocycles. The first-order chi connectivity index (χ1) is 5.68. The molecule has 0 atom stereocenters. The summed E-state index contributed by atoms with van der Waals surface area (Å²) < 4.78 is 0. The molecule has 0 fully saturated rings. The maximum absolute atomic E-state index is 11.3. The third-order valence-electron chi connectivity index (χ3n) is 2.01. The Balaban J connectivity index is 2.68. The smallest absolute Gasteiger partial charge is 0.256 e. The molecule has 0 spiro atoms. The van der Waals surface area contributed by atoms with Crippen molar-refractivity contribution in [3.63, 3.8) is 0 Å². The van der Waals surface area contributed by atoms with Gasteiger partial charge in [0.2, 0.25) is 0 Å². The van der Waals surface area contributed by atoms with E-state index < -0.39 is 0 Å². The summed E-state index contributed by atoms with van der Waals surface area (Å²) in [5.41, 5.74) is 3.46. The van der Waals surface area contributed by atoms with Gasteiger partial charge >= 0.3 is 0 Å². The molecule has 1 N–H and O–H groups in total. The fourth-order valence-corrected chi connectivity index (χ4v) is 1.38. The normalized spacial score (nSPS) is 14.4. The van der Waals surface area contributed by atoms with Gasteiger partial charge in [-0.25, -0.2) is 0 Å². The predicted molar refractivity (Wildman–Crippen MR) is 47.7 cm³/mol. The van der Waals surface area contributed by atoms with E-state index in [2.05, 4.69) is 11.9 Å². The van der Waals surface area contributed by atoms with E-state index in [1.165, 1.54) is 0 Å². The minimum absolute atomic E-state index is 0.0429. The number of carbonyl (C=O) groups is 1. The lowest BCUT2D eigenvalue weighted by Gasteiger charge is -1.96. The Bertz CT molecular complexity index is 379. The monoisotopic (exact) mass is 159 g/mol. The number of nitrogens with one attached hydrogen (secondary N) is 1. The summed E-state index contributed by atoms with van der Waals surface area (Å²) in [4.78, 5) is 11.3. The molecule has 1 aliphatic heterocycles. The molecule has 1 aliphatic rings. The number of aryl methyl sites for hydroxylation is 1. The molecule has 0 aliphatic carbocycles. The lowest BCUT2D eigenvalue weighted by atomic mass is 10.1. The molecule has 1 heterocycles. The van der Waals surface area contributed by atoms with Crippen LogP contribution in [0.1, 0.15) is 21.5 Å². The van der Waals surface area contributed by atoms with Crippen LogP contribution in [0.15, 0.2) is 24.8 Å². The second-order valence-corrected chi connectivity index (χ2v) is 2.98. The van der Waals surface area contributed by atoms with E-state index in [0.29, 0.717) is 5.70 Å². The number of hydrogen-bond donors (Lipinski definition) is 1. The lowest BCUT2D eigenvalue weighted by Crippen LogP contribution is -2.11. The summed E-state index contributed by atoms with van der Waals surface area (Å²) >= 11 is 0. The van der Waals surface area contributed by atoms with E-state index in [4.69, 9.17) is 0 Å². The highest BCUT2D eigenvalue weighted by molar-refractivity contribution is 6.08. The first-order valence-electron chi connectivity index (χ1n) is 3.80. The zero-order chi connectivity index (χ0) is 8.72. The van der Waals surface area contributed by atoms with E-state index >= 15 is 0 Å². The van der Waals surface area contributed by atoms with Gasteiger partial charge in [-0.15, -0.1) is 0 Å². The van der Waals surface area contributed by atoms with Gasteiger partial charge in [0.25, 0.3) is 5.91 Å². The van der Waals surface area contributed by atoms with Crippen LogP contribution in [-0.4, -0.2) is 5.91 Å². The summed E-state index contributed by atoms with van der Waals surface area (Å²) in [7, 11) is 0. The Morgan fingerprint density at radius 2 is 2.08 bits per heavy atom. The van der Waals surface area contributed by atoms with Crippen LogP contribution >= 0.6 is 0 Å². The number of rotatable bonds is 0. The maximum atomic E-state index is 11.3. The number of fused-ring (bicyclic) bond motifs is 1. The zero-order valence-electron chi connectivity index (χ0n) is 6.85. The van der Waals surface area contributed by atoms with E-state index in [1.54, 1.807) is 0 Å². The fourth-order valence-electron chi connectivity index (χ4n) is 1.38. The summed E-state index contributed by atoms with van der Waals surface area (Å²) in [5, 5.41) is 2.68. The van der Waals surface area contributed by atoms with Crippen LogP contribution < -0.4 is 5.32 Å². The van der Waals surface area contributed by atoms with Crippen LogP contribution in [0.4, 0.5) is 0 Å². The summed E-state index contributed by atoms with van der Waals surface area (Å²) in [6.45, 7) is 5.71. The molecule has 1 aromatic rings. The Morgan fingerprint density at radius 3 is 2.83 bits per heavy atom. The van der Waals surface area contributed by atoms with Crippen LogP contribution in [0.2, 0.25) is 0 Å². The quantitative estimate of drug-likeness (QED) is 0.613. The van der Waals surface area contributed by atoms with E-state index in [1.807, 2.05) is 25.1 Å². The van der Waals surface area contributed by atoms with Gasteiger partial charge in [-0.2, -0.15) is 0 Å². The molecular formula is C10H9NO.